The Balaban J connectivity index is 2.00. The van der Waals surface area contributed by atoms with E-state index in [1.807, 2.05) is 0 Å². The van der Waals surface area contributed by atoms with Crippen molar-refractivity contribution < 1.29 is 33.3 Å². The maximum Gasteiger partial charge on any atom is 0.372 e. The molecule has 0 bridgehead atoms. The maximum atomic E-state index is 13.0. The van der Waals surface area contributed by atoms with Gasteiger partial charge in [0.25, 0.3) is 0 Å². The second kappa shape index (κ2) is 6.32. The van der Waals surface area contributed by atoms with E-state index in [0.29, 0.717) is 5.56 Å². The van der Waals surface area contributed by atoms with E-state index in [-0.39, 0.29) is 11.3 Å². The third-order valence-corrected chi connectivity index (χ3v) is 9.43. The van der Waals surface area contributed by atoms with Crippen LogP contribution in [-0.2, 0) is 24.6 Å². The lowest BCUT2D eigenvalue weighted by molar-refractivity contribution is -0.0450. The predicted octanol–water partition coefficient (Wildman–Crippen LogP) is 2.81. The Hall–Kier alpha value is -1.53. The van der Waals surface area contributed by atoms with Gasteiger partial charge in [-0.15, -0.1) is 0 Å². The molecule has 1 aliphatic rings. The molecule has 4 unspecified atom stereocenters. The molecule has 0 amide bonds. The number of hydrogen-bond acceptors (Lipinski definition) is 7. The van der Waals surface area contributed by atoms with Gasteiger partial charge in [0.2, 0.25) is 18.7 Å². The van der Waals surface area contributed by atoms with Gasteiger partial charge in [0.05, 0.1) is 5.56 Å². The van der Waals surface area contributed by atoms with Gasteiger partial charge in [0.1, 0.15) is 5.75 Å². The molecule has 10 heteroatoms. The molecule has 0 saturated carbocycles. The lowest BCUT2D eigenvalue weighted by Gasteiger charge is -2.43. The van der Waals surface area contributed by atoms with Crippen LogP contribution in [0.3, 0.4) is 0 Å². The highest BCUT2D eigenvalue weighted by Gasteiger charge is 2.64. The molecule has 1 aliphatic heterocycles. The first-order valence-electron chi connectivity index (χ1n) is 7.33. The quantitative estimate of drug-likeness (QED) is 0.689. The van der Waals surface area contributed by atoms with Gasteiger partial charge in [-0.2, -0.15) is 0 Å². The molecule has 2 aromatic rings. The van der Waals surface area contributed by atoms with E-state index in [4.69, 9.17) is 9.05 Å². The fraction of sp³-hybridized carbons (Fsp3) is 0.267. The molecule has 4 atom stereocenters. The standard InChI is InChI=1S/C15H17NO7P2/c1-24(19)15(18,9-11-5-4-8-16-10-11)25(20,21)23-14(22-24)12-6-2-3-7-13(12)17/h2-8,10,14,17-18H,9H2,1H3,(H,20,21). The van der Waals surface area contributed by atoms with E-state index in [0.717, 1.165) is 6.66 Å². The molecule has 134 valence electrons. The number of pyridine rings is 1. The first-order chi connectivity index (χ1) is 11.7. The van der Waals surface area contributed by atoms with Crippen molar-refractivity contribution in [3.8, 4) is 5.75 Å². The average Bonchev–Trinajstić information content (AvgIpc) is 2.54. The van der Waals surface area contributed by atoms with E-state index in [2.05, 4.69) is 4.98 Å². The molecule has 0 aliphatic carbocycles. The largest absolute Gasteiger partial charge is 0.507 e. The number of phenols is 1. The van der Waals surface area contributed by atoms with Crippen molar-refractivity contribution in [3.63, 3.8) is 0 Å². The van der Waals surface area contributed by atoms with Crippen molar-refractivity contribution in [2.45, 2.75) is 17.8 Å². The summed E-state index contributed by atoms with van der Waals surface area (Å²) in [6, 6.07) is 9.00. The van der Waals surface area contributed by atoms with Crippen LogP contribution in [0.25, 0.3) is 0 Å². The van der Waals surface area contributed by atoms with Gasteiger partial charge in [-0.25, -0.2) is 0 Å². The molecule has 0 radical (unpaired) electrons. The summed E-state index contributed by atoms with van der Waals surface area (Å²) < 4.78 is 36.1. The van der Waals surface area contributed by atoms with Gasteiger partial charge >= 0.3 is 7.60 Å². The van der Waals surface area contributed by atoms with Crippen molar-refractivity contribution in [1.82, 2.24) is 4.98 Å². The highest BCUT2D eigenvalue weighted by Crippen LogP contribution is 2.79. The van der Waals surface area contributed by atoms with Crippen molar-refractivity contribution in [2.75, 3.05) is 6.66 Å². The van der Waals surface area contributed by atoms with Gasteiger partial charge in [0.15, 0.2) is 0 Å². The summed E-state index contributed by atoms with van der Waals surface area (Å²) in [7, 11) is -8.87. The summed E-state index contributed by atoms with van der Waals surface area (Å²) in [4.78, 5) is 14.2. The fourth-order valence-corrected chi connectivity index (χ4v) is 6.87. The molecule has 0 spiro atoms. The van der Waals surface area contributed by atoms with Crippen LogP contribution < -0.4 is 0 Å². The molecule has 1 fully saturated rings. The highest BCUT2D eigenvalue weighted by atomic mass is 31.2. The van der Waals surface area contributed by atoms with Crippen molar-refractivity contribution >= 4 is 15.0 Å². The zero-order chi connectivity index (χ0) is 18.3. The van der Waals surface area contributed by atoms with E-state index in [1.165, 1.54) is 24.5 Å². The lowest BCUT2D eigenvalue weighted by atomic mass is 10.2. The second-order valence-electron chi connectivity index (χ2n) is 5.78. The van der Waals surface area contributed by atoms with Gasteiger partial charge in [-0.3, -0.25) is 23.2 Å². The maximum absolute atomic E-state index is 13.0. The van der Waals surface area contributed by atoms with Crippen LogP contribution >= 0.6 is 15.0 Å². The summed E-state index contributed by atoms with van der Waals surface area (Å²) in [5, 5.41) is 18.1. The molecule has 3 rings (SSSR count). The molecule has 1 aromatic heterocycles. The van der Waals surface area contributed by atoms with Crippen LogP contribution in [0.15, 0.2) is 48.8 Å². The van der Waals surface area contributed by atoms with Gasteiger partial charge < -0.3 is 15.1 Å². The minimum Gasteiger partial charge on any atom is -0.507 e. The molecular weight excluding hydrogens is 368 g/mol. The highest BCUT2D eigenvalue weighted by molar-refractivity contribution is 7.75. The van der Waals surface area contributed by atoms with Crippen molar-refractivity contribution in [1.29, 1.82) is 0 Å². The zero-order valence-corrected chi connectivity index (χ0v) is 15.0. The molecule has 1 saturated heterocycles. The minimum absolute atomic E-state index is 0.0438. The number of aromatic nitrogens is 1. The topological polar surface area (TPSA) is 126 Å². The molecule has 3 N–H and O–H groups in total. The molecule has 1 aromatic carbocycles. The van der Waals surface area contributed by atoms with Crippen molar-refractivity contribution in [2.24, 2.45) is 0 Å². The Labute approximate surface area is 144 Å². The summed E-state index contributed by atoms with van der Waals surface area (Å²) in [6.45, 7) is 1.07. The molecular formula is C15H17NO7P2. The Morgan fingerprint density at radius 3 is 2.52 bits per heavy atom. The van der Waals surface area contributed by atoms with Gasteiger partial charge in [-0.1, -0.05) is 24.3 Å². The van der Waals surface area contributed by atoms with Crippen LogP contribution in [0.1, 0.15) is 17.4 Å². The van der Waals surface area contributed by atoms with Crippen LogP contribution in [0.2, 0.25) is 0 Å². The Morgan fingerprint density at radius 1 is 1.20 bits per heavy atom. The molecule has 25 heavy (non-hydrogen) atoms. The number of aromatic hydroxyl groups is 1. The first kappa shape index (κ1) is 18.3. The number of hydrogen-bond donors (Lipinski definition) is 3. The minimum atomic E-state index is -4.81. The molecule has 2 heterocycles. The summed E-state index contributed by atoms with van der Waals surface area (Å²) in [5.74, 6) is -0.245. The third-order valence-electron chi connectivity index (χ3n) is 3.99. The third kappa shape index (κ3) is 3.17. The fourth-order valence-electron chi connectivity index (χ4n) is 2.55. The monoisotopic (exact) mass is 385 g/mol. The smallest absolute Gasteiger partial charge is 0.372 e. The van der Waals surface area contributed by atoms with E-state index in [9.17, 15) is 24.2 Å². The summed E-state index contributed by atoms with van der Waals surface area (Å²) >= 11 is 0. The lowest BCUT2D eigenvalue weighted by Crippen LogP contribution is -2.37. The number of para-hydroxylation sites is 1. The van der Waals surface area contributed by atoms with E-state index in [1.54, 1.807) is 24.3 Å². The number of nitrogens with zero attached hydrogens (tertiary/aromatic N) is 1. The Bertz CT molecular complexity index is 847. The normalized spacial score (nSPS) is 35.4. The van der Waals surface area contributed by atoms with Gasteiger partial charge in [0, 0.05) is 25.5 Å². The van der Waals surface area contributed by atoms with Crippen molar-refractivity contribution in [3.05, 3.63) is 59.9 Å². The Kier molecular flexibility index (Phi) is 4.62. The molecule has 8 nitrogen and oxygen atoms in total. The zero-order valence-electron chi connectivity index (χ0n) is 13.2. The number of phenolic OH excluding ortho intramolecular Hbond substituents is 1. The van der Waals surface area contributed by atoms with Gasteiger partial charge in [-0.05, 0) is 17.7 Å². The predicted molar refractivity (Wildman–Crippen MR) is 89.3 cm³/mol. The number of aliphatic hydroxyl groups is 1. The Morgan fingerprint density at radius 2 is 1.92 bits per heavy atom. The average molecular weight is 385 g/mol. The SMILES string of the molecule is CP1(=O)OC(c2ccccc2O)OP(=O)(O)C1(O)Cc1cccnc1. The second-order valence-corrected chi connectivity index (χ2v) is 10.8. The first-order valence-corrected chi connectivity index (χ1v) is 11.0. The number of rotatable bonds is 3. The summed E-state index contributed by atoms with van der Waals surface area (Å²) in [5.41, 5.74) is 0.442. The van der Waals surface area contributed by atoms with Crippen LogP contribution in [0.4, 0.5) is 0 Å². The number of benzene rings is 1. The van der Waals surface area contributed by atoms with E-state index < -0.39 is 32.8 Å². The van der Waals surface area contributed by atoms with E-state index >= 15 is 0 Å². The van der Waals surface area contributed by atoms with Crippen LogP contribution in [0.5, 0.6) is 5.75 Å². The van der Waals surface area contributed by atoms with Crippen LogP contribution in [-0.4, -0.2) is 31.8 Å². The van der Waals surface area contributed by atoms with Crippen LogP contribution in [0, 0.1) is 0 Å². The summed E-state index contributed by atoms with van der Waals surface area (Å²) in [6.07, 6.45) is 0.907.